The number of nitrogens with zero attached hydrogens (tertiary/aromatic N) is 2. The van der Waals surface area contributed by atoms with Crippen LogP contribution in [0.15, 0.2) is 59.6 Å². The molecule has 0 amide bonds. The van der Waals surface area contributed by atoms with Crippen LogP contribution in [0.2, 0.25) is 0 Å². The summed E-state index contributed by atoms with van der Waals surface area (Å²) in [6, 6.07) is 18.8. The molecule has 0 bridgehead atoms. The minimum Gasteiger partial charge on any atom is -0.386 e. The van der Waals surface area contributed by atoms with Gasteiger partial charge in [-0.15, -0.1) is 35.3 Å². The van der Waals surface area contributed by atoms with Crippen molar-refractivity contribution in [3.8, 4) is 0 Å². The quantitative estimate of drug-likeness (QED) is 0.247. The van der Waals surface area contributed by atoms with Gasteiger partial charge < -0.3 is 25.4 Å². The van der Waals surface area contributed by atoms with Crippen molar-refractivity contribution in [2.45, 2.75) is 12.6 Å². The number of hydrogen-bond donors (Lipinski definition) is 3. The summed E-state index contributed by atoms with van der Waals surface area (Å²) < 4.78 is 6.61. The van der Waals surface area contributed by atoms with Gasteiger partial charge >= 0.3 is 0 Å². The summed E-state index contributed by atoms with van der Waals surface area (Å²) in [6.45, 7) is 4.54. The number of guanidine groups is 1. The van der Waals surface area contributed by atoms with Gasteiger partial charge in [0.1, 0.15) is 6.10 Å². The summed E-state index contributed by atoms with van der Waals surface area (Å²) in [7, 11) is 1.74. The number of nitrogens with one attached hydrogen (secondary N) is 2. The molecule has 8 heteroatoms. The predicted octanol–water partition coefficient (Wildman–Crippen LogP) is 3.75. The molecule has 1 saturated heterocycles. The van der Waals surface area contributed by atoms with Crippen molar-refractivity contribution >= 4 is 57.0 Å². The van der Waals surface area contributed by atoms with Crippen LogP contribution in [0, 0.1) is 0 Å². The number of benzene rings is 2. The largest absolute Gasteiger partial charge is 0.386 e. The second-order valence-electron chi connectivity index (χ2n) is 7.27. The lowest BCUT2D eigenvalue weighted by Crippen LogP contribution is -2.39. The fraction of sp³-hybridized carbons (Fsp3) is 0.348. The van der Waals surface area contributed by atoms with E-state index in [1.54, 1.807) is 18.4 Å². The SMILES string of the molecule is CN=C(NCc1ccc(N2CCOCC2)cc1)NCC(O)c1cc2ccccc2s1.I. The van der Waals surface area contributed by atoms with Gasteiger partial charge in [0.2, 0.25) is 0 Å². The molecule has 2 heterocycles. The summed E-state index contributed by atoms with van der Waals surface area (Å²) in [5.74, 6) is 0.674. The fourth-order valence-electron chi connectivity index (χ4n) is 3.51. The molecular weight excluding hydrogens is 523 g/mol. The van der Waals surface area contributed by atoms with Gasteiger partial charge in [-0.3, -0.25) is 4.99 Å². The van der Waals surface area contributed by atoms with Crippen LogP contribution in [0.25, 0.3) is 10.1 Å². The monoisotopic (exact) mass is 552 g/mol. The first-order chi connectivity index (χ1) is 14.7. The van der Waals surface area contributed by atoms with Gasteiger partial charge in [-0.25, -0.2) is 0 Å². The number of halogens is 1. The van der Waals surface area contributed by atoms with Crippen LogP contribution >= 0.6 is 35.3 Å². The number of ether oxygens (including phenoxy) is 1. The molecule has 1 atom stereocenters. The molecular formula is C23H29IN4O2S. The number of rotatable bonds is 6. The predicted molar refractivity (Wildman–Crippen MR) is 140 cm³/mol. The zero-order chi connectivity index (χ0) is 20.8. The molecule has 2 aromatic carbocycles. The lowest BCUT2D eigenvalue weighted by Gasteiger charge is -2.29. The molecule has 6 nitrogen and oxygen atoms in total. The molecule has 0 spiro atoms. The smallest absolute Gasteiger partial charge is 0.191 e. The van der Waals surface area contributed by atoms with Gasteiger partial charge in [-0.1, -0.05) is 30.3 Å². The molecule has 1 aliphatic rings. The zero-order valence-corrected chi connectivity index (χ0v) is 20.7. The van der Waals surface area contributed by atoms with Gasteiger partial charge in [0.15, 0.2) is 5.96 Å². The summed E-state index contributed by atoms with van der Waals surface area (Å²) in [5.41, 5.74) is 2.41. The lowest BCUT2D eigenvalue weighted by atomic mass is 10.2. The van der Waals surface area contributed by atoms with E-state index in [2.05, 4.69) is 63.0 Å². The summed E-state index contributed by atoms with van der Waals surface area (Å²) in [5, 5.41) is 18.3. The number of anilines is 1. The number of aliphatic imine (C=N–C) groups is 1. The summed E-state index contributed by atoms with van der Waals surface area (Å²) in [6.07, 6.45) is -0.575. The molecule has 31 heavy (non-hydrogen) atoms. The molecule has 1 fully saturated rings. The Labute approximate surface area is 204 Å². The Kier molecular flexibility index (Phi) is 8.94. The number of fused-ring (bicyclic) bond motifs is 1. The number of aliphatic hydroxyl groups is 1. The maximum absolute atomic E-state index is 10.6. The molecule has 0 aliphatic carbocycles. The minimum atomic E-state index is -0.575. The third kappa shape index (κ3) is 6.31. The van der Waals surface area contributed by atoms with E-state index >= 15 is 0 Å². The highest BCUT2D eigenvalue weighted by Gasteiger charge is 2.13. The van der Waals surface area contributed by atoms with Crippen LogP contribution in [-0.4, -0.2) is 51.0 Å². The molecule has 1 aliphatic heterocycles. The maximum atomic E-state index is 10.6. The van der Waals surface area contributed by atoms with E-state index in [9.17, 15) is 5.11 Å². The average Bonchev–Trinajstić information content (AvgIpc) is 3.24. The van der Waals surface area contributed by atoms with Crippen LogP contribution in [0.1, 0.15) is 16.5 Å². The highest BCUT2D eigenvalue weighted by molar-refractivity contribution is 14.0. The van der Waals surface area contributed by atoms with Crippen molar-refractivity contribution in [1.29, 1.82) is 0 Å². The Morgan fingerprint density at radius 1 is 1.13 bits per heavy atom. The second-order valence-corrected chi connectivity index (χ2v) is 8.39. The van der Waals surface area contributed by atoms with E-state index in [1.165, 1.54) is 21.3 Å². The number of aliphatic hydroxyl groups excluding tert-OH is 1. The van der Waals surface area contributed by atoms with E-state index in [-0.39, 0.29) is 24.0 Å². The highest BCUT2D eigenvalue weighted by atomic mass is 127. The Morgan fingerprint density at radius 2 is 1.87 bits per heavy atom. The molecule has 3 aromatic rings. The van der Waals surface area contributed by atoms with Crippen molar-refractivity contribution in [3.63, 3.8) is 0 Å². The average molecular weight is 552 g/mol. The number of thiophene rings is 1. The third-order valence-corrected chi connectivity index (χ3v) is 6.45. The molecule has 0 radical (unpaired) electrons. The van der Waals surface area contributed by atoms with E-state index < -0.39 is 6.10 Å². The van der Waals surface area contributed by atoms with Crippen molar-refractivity contribution in [3.05, 3.63) is 65.0 Å². The van der Waals surface area contributed by atoms with Gasteiger partial charge in [0, 0.05) is 48.5 Å². The van der Waals surface area contributed by atoms with Gasteiger partial charge in [-0.05, 0) is 35.2 Å². The first kappa shape index (κ1) is 23.8. The highest BCUT2D eigenvalue weighted by Crippen LogP contribution is 2.29. The lowest BCUT2D eigenvalue weighted by molar-refractivity contribution is 0.122. The molecule has 166 valence electrons. The van der Waals surface area contributed by atoms with Crippen LogP contribution in [0.4, 0.5) is 5.69 Å². The molecule has 4 rings (SSSR count). The van der Waals surface area contributed by atoms with Crippen molar-refractivity contribution in [1.82, 2.24) is 10.6 Å². The standard InChI is InChI=1S/C23H28N4O2S.HI/c1-24-23(26-16-20(28)22-14-18-4-2-3-5-21(18)30-22)25-15-17-6-8-19(9-7-17)27-10-12-29-13-11-27;/h2-9,14,20,28H,10-13,15-16H2,1H3,(H2,24,25,26);1H. The van der Waals surface area contributed by atoms with Crippen LogP contribution in [0.3, 0.4) is 0 Å². The summed E-state index contributed by atoms with van der Waals surface area (Å²) in [4.78, 5) is 7.57. The summed E-state index contributed by atoms with van der Waals surface area (Å²) >= 11 is 1.63. The van der Waals surface area contributed by atoms with Crippen molar-refractivity contribution in [2.75, 3.05) is 44.8 Å². The third-order valence-electron chi connectivity index (χ3n) is 5.23. The number of morpholine rings is 1. The minimum absolute atomic E-state index is 0. The zero-order valence-electron chi connectivity index (χ0n) is 17.6. The van der Waals surface area contributed by atoms with Crippen LogP contribution < -0.4 is 15.5 Å². The first-order valence-electron chi connectivity index (χ1n) is 10.3. The molecule has 3 N–H and O–H groups in total. The van der Waals surface area contributed by atoms with Crippen molar-refractivity contribution < 1.29 is 9.84 Å². The molecule has 0 saturated carbocycles. The van der Waals surface area contributed by atoms with Gasteiger partial charge in [0.05, 0.1) is 13.2 Å². The first-order valence-corrected chi connectivity index (χ1v) is 11.1. The Bertz CT molecular complexity index is 954. The van der Waals surface area contributed by atoms with E-state index in [0.717, 1.165) is 31.2 Å². The van der Waals surface area contributed by atoms with Gasteiger partial charge in [0.25, 0.3) is 0 Å². The molecule has 1 unspecified atom stereocenters. The topological polar surface area (TPSA) is 69.1 Å². The van der Waals surface area contributed by atoms with Crippen LogP contribution in [0.5, 0.6) is 0 Å². The van der Waals surface area contributed by atoms with Crippen LogP contribution in [-0.2, 0) is 11.3 Å². The van der Waals surface area contributed by atoms with Crippen molar-refractivity contribution in [2.24, 2.45) is 4.99 Å². The number of hydrogen-bond acceptors (Lipinski definition) is 5. The van der Waals surface area contributed by atoms with Gasteiger partial charge in [-0.2, -0.15) is 0 Å². The normalized spacial score (nSPS) is 15.4. The fourth-order valence-corrected chi connectivity index (χ4v) is 4.56. The Balaban J connectivity index is 0.00000272. The Morgan fingerprint density at radius 3 is 2.58 bits per heavy atom. The van der Waals surface area contributed by atoms with E-state index in [4.69, 9.17) is 4.74 Å². The maximum Gasteiger partial charge on any atom is 0.191 e. The Hall–Kier alpha value is -1.88. The second kappa shape index (κ2) is 11.7. The van der Waals surface area contributed by atoms with E-state index in [0.29, 0.717) is 19.0 Å². The molecule has 1 aromatic heterocycles. The van der Waals surface area contributed by atoms with E-state index in [1.807, 2.05) is 12.1 Å².